The van der Waals surface area contributed by atoms with Crippen LogP contribution >= 0.6 is 0 Å². The number of fused-ring (bicyclic) bond motifs is 2. The van der Waals surface area contributed by atoms with E-state index in [1.165, 1.54) is 0 Å². The monoisotopic (exact) mass is 352 g/mol. The van der Waals surface area contributed by atoms with E-state index in [0.29, 0.717) is 37.9 Å². The van der Waals surface area contributed by atoms with E-state index in [1.807, 2.05) is 23.2 Å². The molecule has 6 heteroatoms. The first kappa shape index (κ1) is 17.1. The SMILES string of the molecule is CC(C)CC(=O)N1CCC2(COCc3cnc(-c4cccnc4)nc32)C1. The number of carbonyl (C=O) groups excluding carboxylic acids is 1. The van der Waals surface area contributed by atoms with Gasteiger partial charge in [0.15, 0.2) is 5.82 Å². The lowest BCUT2D eigenvalue weighted by molar-refractivity contribution is -0.131. The van der Waals surface area contributed by atoms with E-state index < -0.39 is 0 Å². The zero-order valence-electron chi connectivity index (χ0n) is 15.3. The van der Waals surface area contributed by atoms with Crippen LogP contribution in [0.4, 0.5) is 0 Å². The second-order valence-corrected chi connectivity index (χ2v) is 7.75. The first-order valence-electron chi connectivity index (χ1n) is 9.20. The fourth-order valence-electron chi connectivity index (χ4n) is 3.91. The molecule has 0 aliphatic carbocycles. The first-order chi connectivity index (χ1) is 12.6. The lowest BCUT2D eigenvalue weighted by atomic mass is 9.80. The van der Waals surface area contributed by atoms with Gasteiger partial charge in [0, 0.05) is 49.2 Å². The second kappa shape index (κ2) is 6.76. The van der Waals surface area contributed by atoms with Crippen molar-refractivity contribution < 1.29 is 9.53 Å². The fraction of sp³-hybridized carbons (Fsp3) is 0.500. The molecule has 2 aromatic heterocycles. The molecule has 4 rings (SSSR count). The molecule has 26 heavy (non-hydrogen) atoms. The van der Waals surface area contributed by atoms with E-state index in [2.05, 4.69) is 23.8 Å². The van der Waals surface area contributed by atoms with E-state index in [-0.39, 0.29) is 11.3 Å². The van der Waals surface area contributed by atoms with Gasteiger partial charge < -0.3 is 9.64 Å². The summed E-state index contributed by atoms with van der Waals surface area (Å²) in [7, 11) is 0. The Labute approximate surface area is 153 Å². The molecule has 1 fully saturated rings. The van der Waals surface area contributed by atoms with Gasteiger partial charge in [0.2, 0.25) is 5.91 Å². The zero-order chi connectivity index (χ0) is 18.1. The normalized spacial score (nSPS) is 22.0. The summed E-state index contributed by atoms with van der Waals surface area (Å²) in [6.07, 6.45) is 6.86. The Morgan fingerprint density at radius 3 is 3.04 bits per heavy atom. The van der Waals surface area contributed by atoms with E-state index in [0.717, 1.165) is 29.8 Å². The molecule has 0 saturated carbocycles. The van der Waals surface area contributed by atoms with Crippen LogP contribution in [0.5, 0.6) is 0 Å². The fourth-order valence-corrected chi connectivity index (χ4v) is 3.91. The average molecular weight is 352 g/mol. The number of aromatic nitrogens is 3. The van der Waals surface area contributed by atoms with Gasteiger partial charge in [-0.25, -0.2) is 9.97 Å². The van der Waals surface area contributed by atoms with Crippen molar-refractivity contribution in [3.8, 4) is 11.4 Å². The minimum atomic E-state index is -0.222. The quantitative estimate of drug-likeness (QED) is 0.849. The van der Waals surface area contributed by atoms with Crippen LogP contribution in [0.15, 0.2) is 30.7 Å². The molecule has 0 aromatic carbocycles. The molecule has 1 spiro atoms. The number of pyridine rings is 1. The van der Waals surface area contributed by atoms with E-state index in [4.69, 9.17) is 9.72 Å². The number of ether oxygens (including phenoxy) is 1. The van der Waals surface area contributed by atoms with Gasteiger partial charge in [-0.15, -0.1) is 0 Å². The van der Waals surface area contributed by atoms with E-state index in [9.17, 15) is 4.79 Å². The topological polar surface area (TPSA) is 68.2 Å². The van der Waals surface area contributed by atoms with Crippen LogP contribution in [-0.4, -0.2) is 45.5 Å². The largest absolute Gasteiger partial charge is 0.376 e. The lowest BCUT2D eigenvalue weighted by Gasteiger charge is -2.34. The highest BCUT2D eigenvalue weighted by atomic mass is 16.5. The molecule has 6 nitrogen and oxygen atoms in total. The van der Waals surface area contributed by atoms with Crippen molar-refractivity contribution in [3.05, 3.63) is 42.0 Å². The molecule has 4 heterocycles. The maximum atomic E-state index is 12.5. The van der Waals surface area contributed by atoms with Crippen molar-refractivity contribution in [3.63, 3.8) is 0 Å². The zero-order valence-corrected chi connectivity index (χ0v) is 15.3. The molecule has 0 radical (unpaired) electrons. The molecule has 136 valence electrons. The maximum absolute atomic E-state index is 12.5. The molecule has 2 aliphatic rings. The smallest absolute Gasteiger partial charge is 0.222 e. The number of amides is 1. The van der Waals surface area contributed by atoms with Gasteiger partial charge in [0.1, 0.15) is 0 Å². The Hall–Kier alpha value is -2.34. The third-order valence-electron chi connectivity index (χ3n) is 5.21. The van der Waals surface area contributed by atoms with Crippen LogP contribution in [0.3, 0.4) is 0 Å². The number of rotatable bonds is 3. The predicted octanol–water partition coefficient (Wildman–Crippen LogP) is 2.59. The van der Waals surface area contributed by atoms with Gasteiger partial charge in [0.25, 0.3) is 0 Å². The number of hydrogen-bond acceptors (Lipinski definition) is 5. The van der Waals surface area contributed by atoms with Crippen LogP contribution < -0.4 is 0 Å². The summed E-state index contributed by atoms with van der Waals surface area (Å²) >= 11 is 0. The van der Waals surface area contributed by atoms with Gasteiger partial charge in [-0.05, 0) is 24.5 Å². The summed E-state index contributed by atoms with van der Waals surface area (Å²) in [5, 5.41) is 0. The van der Waals surface area contributed by atoms with Crippen LogP contribution in [0, 0.1) is 5.92 Å². The lowest BCUT2D eigenvalue weighted by Crippen LogP contribution is -2.41. The molecule has 1 amide bonds. The molecule has 1 atom stereocenters. The summed E-state index contributed by atoms with van der Waals surface area (Å²) < 4.78 is 5.86. The van der Waals surface area contributed by atoms with Crippen molar-refractivity contribution in [2.24, 2.45) is 5.92 Å². The van der Waals surface area contributed by atoms with Crippen LogP contribution in [0.25, 0.3) is 11.4 Å². The van der Waals surface area contributed by atoms with Gasteiger partial charge in [-0.3, -0.25) is 9.78 Å². The highest BCUT2D eigenvalue weighted by molar-refractivity contribution is 5.77. The van der Waals surface area contributed by atoms with Crippen LogP contribution in [-0.2, 0) is 21.6 Å². The summed E-state index contributed by atoms with van der Waals surface area (Å²) in [6.45, 7) is 6.74. The summed E-state index contributed by atoms with van der Waals surface area (Å²) in [5.41, 5.74) is 2.75. The molecule has 1 saturated heterocycles. The Bertz CT molecular complexity index is 809. The van der Waals surface area contributed by atoms with E-state index >= 15 is 0 Å². The van der Waals surface area contributed by atoms with Crippen molar-refractivity contribution in [2.75, 3.05) is 19.7 Å². The van der Waals surface area contributed by atoms with Crippen LogP contribution in [0.1, 0.15) is 37.9 Å². The number of nitrogens with zero attached hydrogens (tertiary/aromatic N) is 4. The Morgan fingerprint density at radius 1 is 1.38 bits per heavy atom. The Kier molecular flexibility index (Phi) is 4.44. The van der Waals surface area contributed by atoms with E-state index in [1.54, 1.807) is 12.4 Å². The number of carbonyl (C=O) groups is 1. The summed E-state index contributed by atoms with van der Waals surface area (Å²) in [4.78, 5) is 28.1. The summed E-state index contributed by atoms with van der Waals surface area (Å²) in [5.74, 6) is 1.28. The average Bonchev–Trinajstić information content (AvgIpc) is 3.07. The highest BCUT2D eigenvalue weighted by Crippen LogP contribution is 2.39. The van der Waals surface area contributed by atoms with Crippen molar-refractivity contribution in [1.82, 2.24) is 19.9 Å². The van der Waals surface area contributed by atoms with Gasteiger partial charge in [0.05, 0.1) is 24.3 Å². The predicted molar refractivity (Wildman–Crippen MR) is 97.2 cm³/mol. The van der Waals surface area contributed by atoms with Crippen LogP contribution in [0.2, 0.25) is 0 Å². The number of likely N-dealkylation sites (tertiary alicyclic amines) is 1. The van der Waals surface area contributed by atoms with Gasteiger partial charge in [-0.1, -0.05) is 13.8 Å². The second-order valence-electron chi connectivity index (χ2n) is 7.75. The third kappa shape index (κ3) is 3.09. The molecule has 0 N–H and O–H groups in total. The van der Waals surface area contributed by atoms with Gasteiger partial charge in [-0.2, -0.15) is 0 Å². The molecule has 0 bridgehead atoms. The Morgan fingerprint density at radius 2 is 2.27 bits per heavy atom. The molecular weight excluding hydrogens is 328 g/mol. The highest BCUT2D eigenvalue weighted by Gasteiger charge is 2.46. The van der Waals surface area contributed by atoms with Gasteiger partial charge >= 0.3 is 0 Å². The first-order valence-corrected chi connectivity index (χ1v) is 9.20. The van der Waals surface area contributed by atoms with Crippen molar-refractivity contribution in [1.29, 1.82) is 0 Å². The molecule has 1 unspecified atom stereocenters. The minimum Gasteiger partial charge on any atom is -0.376 e. The Balaban J connectivity index is 1.66. The number of hydrogen-bond donors (Lipinski definition) is 0. The molecular formula is C20H24N4O2. The van der Waals surface area contributed by atoms with Crippen molar-refractivity contribution in [2.45, 2.75) is 38.7 Å². The molecule has 2 aromatic rings. The standard InChI is InChI=1S/C20H24N4O2/c1-14(2)8-17(25)24-7-5-20(12-24)13-26-11-16-10-22-19(23-18(16)20)15-4-3-6-21-9-15/h3-4,6,9-10,14H,5,7-8,11-13H2,1-2H3. The molecule has 2 aliphatic heterocycles. The van der Waals surface area contributed by atoms with Crippen molar-refractivity contribution >= 4 is 5.91 Å². The third-order valence-corrected chi connectivity index (χ3v) is 5.21. The maximum Gasteiger partial charge on any atom is 0.222 e. The summed E-state index contributed by atoms with van der Waals surface area (Å²) in [6, 6.07) is 3.85. The minimum absolute atomic E-state index is 0.222.